The molecule has 1 aliphatic rings. The van der Waals surface area contributed by atoms with Crippen LogP contribution in [0.3, 0.4) is 0 Å². The molecule has 186 valence electrons. The molecule has 35 heavy (non-hydrogen) atoms. The molecule has 1 saturated heterocycles. The fourth-order valence-electron chi connectivity index (χ4n) is 3.42. The van der Waals surface area contributed by atoms with Gasteiger partial charge in [0.15, 0.2) is 6.23 Å². The van der Waals surface area contributed by atoms with Crippen molar-refractivity contribution in [2.24, 2.45) is 0 Å². The predicted octanol–water partition coefficient (Wildman–Crippen LogP) is 3.04. The molecule has 0 radical (unpaired) electrons. The summed E-state index contributed by atoms with van der Waals surface area (Å²) in [6.45, 7) is 8.02. The van der Waals surface area contributed by atoms with E-state index < -0.39 is 17.6 Å². The van der Waals surface area contributed by atoms with E-state index in [9.17, 15) is 18.0 Å². The van der Waals surface area contributed by atoms with Crippen LogP contribution >= 0.6 is 0 Å². The Morgan fingerprint density at radius 1 is 1.26 bits per heavy atom. The van der Waals surface area contributed by atoms with E-state index in [-0.39, 0.29) is 5.69 Å². The molecular weight excluding hydrogens is 459 g/mol. The summed E-state index contributed by atoms with van der Waals surface area (Å²) in [6.07, 6.45) is -0.149. The fraction of sp³-hybridized carbons (Fsp3) is 0.320. The molecular formula is C25H28F3N5O2. The van der Waals surface area contributed by atoms with Crippen molar-refractivity contribution in [3.8, 4) is 11.3 Å². The number of anilines is 1. The first kappa shape index (κ1) is 26.3. The number of rotatable bonds is 5. The Hall–Kier alpha value is -3.34. The smallest absolute Gasteiger partial charge is 0.376 e. The number of nitrogens with two attached hydrogens (primary N) is 1. The zero-order valence-corrected chi connectivity index (χ0v) is 19.5. The van der Waals surface area contributed by atoms with Gasteiger partial charge in [-0.25, -0.2) is 0 Å². The molecule has 1 fully saturated rings. The molecule has 4 rings (SSSR count). The van der Waals surface area contributed by atoms with Crippen molar-refractivity contribution in [3.05, 3.63) is 77.7 Å². The van der Waals surface area contributed by atoms with Crippen LogP contribution in [0.2, 0.25) is 0 Å². The van der Waals surface area contributed by atoms with Crippen LogP contribution in [0.4, 0.5) is 18.9 Å². The molecule has 10 heteroatoms. The van der Waals surface area contributed by atoms with Crippen LogP contribution in [0.15, 0.2) is 54.9 Å². The number of nitrogens with one attached hydrogen (secondary N) is 2. The number of ether oxygens (including phenoxy) is 1. The SMILES string of the molecule is CCNC1C[NH2+]CCO1.Cc1ccc(C(=O)Nc2cccc(C(F)(F)F)c2)cc1-c1c[c-]ncn1. The largest absolute Gasteiger partial charge is 0.416 e. The number of aromatic nitrogens is 2. The third kappa shape index (κ3) is 7.84. The number of nitrogens with zero attached hydrogens (tertiary/aromatic N) is 2. The third-order valence-electron chi connectivity index (χ3n) is 5.21. The highest BCUT2D eigenvalue weighted by Crippen LogP contribution is 2.31. The zero-order chi connectivity index (χ0) is 25.3. The Balaban J connectivity index is 0.000000320. The fourth-order valence-corrected chi connectivity index (χ4v) is 3.42. The van der Waals surface area contributed by atoms with E-state index in [2.05, 4.69) is 39.0 Å². The number of hydrogen-bond donors (Lipinski definition) is 3. The minimum Gasteiger partial charge on any atom is -0.376 e. The summed E-state index contributed by atoms with van der Waals surface area (Å²) in [7, 11) is 0. The number of quaternary nitrogens is 1. The Morgan fingerprint density at radius 3 is 2.74 bits per heavy atom. The number of benzene rings is 2. The topological polar surface area (TPSA) is 92.8 Å². The van der Waals surface area contributed by atoms with Crippen molar-refractivity contribution in [1.29, 1.82) is 0 Å². The molecule has 2 heterocycles. The summed E-state index contributed by atoms with van der Waals surface area (Å²) in [4.78, 5) is 20.3. The second-order valence-corrected chi connectivity index (χ2v) is 7.82. The van der Waals surface area contributed by atoms with E-state index in [0.29, 0.717) is 17.5 Å². The average molecular weight is 488 g/mol. The van der Waals surface area contributed by atoms with Gasteiger partial charge in [0.25, 0.3) is 5.91 Å². The molecule has 1 unspecified atom stereocenters. The Bertz CT molecular complexity index is 1100. The van der Waals surface area contributed by atoms with Crippen molar-refractivity contribution in [2.45, 2.75) is 26.3 Å². The molecule has 3 aromatic rings. The van der Waals surface area contributed by atoms with Crippen LogP contribution in [-0.4, -0.2) is 48.3 Å². The van der Waals surface area contributed by atoms with Crippen LogP contribution in [0.1, 0.15) is 28.4 Å². The Kier molecular flexibility index (Phi) is 9.30. The van der Waals surface area contributed by atoms with E-state index in [1.807, 2.05) is 6.92 Å². The maximum absolute atomic E-state index is 12.8. The van der Waals surface area contributed by atoms with Gasteiger partial charge in [0.05, 0.1) is 18.7 Å². The predicted molar refractivity (Wildman–Crippen MR) is 126 cm³/mol. The number of hydrogen-bond acceptors (Lipinski definition) is 5. The molecule has 2 aromatic carbocycles. The van der Waals surface area contributed by atoms with Gasteiger partial charge in [-0.1, -0.05) is 42.4 Å². The van der Waals surface area contributed by atoms with E-state index in [1.54, 1.807) is 24.3 Å². The number of carbonyl (C=O) groups excluding carboxylic acids is 1. The maximum atomic E-state index is 12.8. The zero-order valence-electron chi connectivity index (χ0n) is 19.5. The van der Waals surface area contributed by atoms with Crippen LogP contribution < -0.4 is 16.0 Å². The number of carbonyl (C=O) groups is 1. The molecule has 0 bridgehead atoms. The highest BCUT2D eigenvalue weighted by molar-refractivity contribution is 6.05. The van der Waals surface area contributed by atoms with Crippen molar-refractivity contribution in [1.82, 2.24) is 15.3 Å². The van der Waals surface area contributed by atoms with Crippen LogP contribution in [-0.2, 0) is 10.9 Å². The molecule has 1 aliphatic heterocycles. The van der Waals surface area contributed by atoms with Crippen molar-refractivity contribution in [3.63, 3.8) is 0 Å². The maximum Gasteiger partial charge on any atom is 0.416 e. The summed E-state index contributed by atoms with van der Waals surface area (Å²) in [5.74, 6) is -0.511. The Morgan fingerprint density at radius 2 is 2.09 bits per heavy atom. The quantitative estimate of drug-likeness (QED) is 0.481. The van der Waals surface area contributed by atoms with E-state index >= 15 is 0 Å². The van der Waals surface area contributed by atoms with Gasteiger partial charge >= 0.3 is 6.18 Å². The lowest BCUT2D eigenvalue weighted by atomic mass is 10.0. The summed E-state index contributed by atoms with van der Waals surface area (Å²) >= 11 is 0. The van der Waals surface area contributed by atoms with Crippen molar-refractivity contribution in [2.75, 3.05) is 31.6 Å². The molecule has 0 saturated carbocycles. The monoisotopic (exact) mass is 487 g/mol. The van der Waals surface area contributed by atoms with Gasteiger partial charge in [0, 0.05) is 11.3 Å². The summed E-state index contributed by atoms with van der Waals surface area (Å²) in [5, 5.41) is 7.99. The van der Waals surface area contributed by atoms with Gasteiger partial charge in [-0.2, -0.15) is 13.2 Å². The molecule has 1 aromatic heterocycles. The average Bonchev–Trinajstić information content (AvgIpc) is 2.86. The summed E-state index contributed by atoms with van der Waals surface area (Å²) in [6, 6.07) is 11.1. The highest BCUT2D eigenvalue weighted by atomic mass is 19.4. The number of likely N-dealkylation sites (N-methyl/N-ethyl adjacent to an activating group) is 1. The van der Waals surface area contributed by atoms with E-state index in [4.69, 9.17) is 4.74 Å². The lowest BCUT2D eigenvalue weighted by molar-refractivity contribution is -0.678. The van der Waals surface area contributed by atoms with Gasteiger partial charge in [-0.15, -0.1) is 6.07 Å². The molecule has 0 aliphatic carbocycles. The number of amides is 1. The number of morpholine rings is 1. The lowest BCUT2D eigenvalue weighted by Crippen LogP contribution is -2.90. The van der Waals surface area contributed by atoms with Gasteiger partial charge in [-0.05, 0) is 49.8 Å². The minimum absolute atomic E-state index is 0.0716. The lowest BCUT2D eigenvalue weighted by Gasteiger charge is -2.20. The molecule has 1 amide bonds. The third-order valence-corrected chi connectivity index (χ3v) is 5.21. The first-order chi connectivity index (χ1) is 16.8. The summed E-state index contributed by atoms with van der Waals surface area (Å²) in [5.41, 5.74) is 1.78. The standard InChI is InChI=1S/C19H13F3N3O.C6H14N2O/c1-12-5-6-13(9-16(12)17-7-8-23-11-24-17)18(26)25-15-4-2-3-14(10-15)19(20,21)22;1-2-8-6-5-7-3-4-9-6/h2-7,9-11H,1H3,(H,25,26);6-8H,2-5H2,1H3/q-1;/p+1. The normalized spacial score (nSPS) is 15.6. The second-order valence-electron chi connectivity index (χ2n) is 7.82. The second kappa shape index (κ2) is 12.4. The van der Waals surface area contributed by atoms with E-state index in [0.717, 1.165) is 49.5 Å². The van der Waals surface area contributed by atoms with E-state index in [1.165, 1.54) is 18.5 Å². The van der Waals surface area contributed by atoms with Gasteiger partial charge in [0.2, 0.25) is 0 Å². The van der Waals surface area contributed by atoms with Crippen LogP contribution in [0.25, 0.3) is 11.3 Å². The van der Waals surface area contributed by atoms with Crippen LogP contribution in [0, 0.1) is 13.1 Å². The number of aryl methyl sites for hydroxylation is 1. The number of halogens is 3. The van der Waals surface area contributed by atoms with Gasteiger partial charge in [-0.3, -0.25) is 10.1 Å². The first-order valence-electron chi connectivity index (χ1n) is 11.2. The van der Waals surface area contributed by atoms with Crippen LogP contribution in [0.5, 0.6) is 0 Å². The van der Waals surface area contributed by atoms with Gasteiger partial charge < -0.3 is 25.3 Å². The summed E-state index contributed by atoms with van der Waals surface area (Å²) < 4.78 is 43.7. The minimum atomic E-state index is -4.47. The molecule has 1 atom stereocenters. The highest BCUT2D eigenvalue weighted by Gasteiger charge is 2.30. The van der Waals surface area contributed by atoms with Crippen molar-refractivity contribution >= 4 is 11.6 Å². The first-order valence-corrected chi connectivity index (χ1v) is 11.2. The molecule has 4 N–H and O–H groups in total. The van der Waals surface area contributed by atoms with Gasteiger partial charge in [0.1, 0.15) is 6.54 Å². The molecule has 7 nitrogen and oxygen atoms in total. The Labute approximate surface area is 202 Å². The molecule has 0 spiro atoms. The van der Waals surface area contributed by atoms with Crippen molar-refractivity contribution < 1.29 is 28.0 Å². The number of alkyl halides is 3.